The Hall–Kier alpha value is -1.70. The molecule has 1 aromatic rings. The van der Waals surface area contributed by atoms with Gasteiger partial charge in [-0.1, -0.05) is 6.07 Å². The summed E-state index contributed by atoms with van der Waals surface area (Å²) in [5.41, 5.74) is 0.881. The molecule has 1 aliphatic carbocycles. The Labute approximate surface area is 154 Å². The van der Waals surface area contributed by atoms with E-state index < -0.39 is 12.2 Å². The number of amides is 1. The highest BCUT2D eigenvalue weighted by molar-refractivity contribution is 5.73. The highest BCUT2D eigenvalue weighted by Gasteiger charge is 2.42. The fraction of sp³-hybridized carbons (Fsp3) is 0.684. The number of aliphatic hydroxyl groups excluding tert-OH is 2. The van der Waals surface area contributed by atoms with E-state index in [1.807, 2.05) is 24.0 Å². The maximum atomic E-state index is 11.4. The number of aryl methyl sites for hydroxylation is 1. The van der Waals surface area contributed by atoms with E-state index in [-0.39, 0.29) is 23.9 Å². The molecule has 3 rings (SSSR count). The van der Waals surface area contributed by atoms with Gasteiger partial charge in [0.2, 0.25) is 11.8 Å². The molecule has 1 saturated carbocycles. The summed E-state index contributed by atoms with van der Waals surface area (Å²) in [6.07, 6.45) is 0.774. The first-order valence-electron chi connectivity index (χ1n) is 9.38. The van der Waals surface area contributed by atoms with E-state index in [9.17, 15) is 15.0 Å². The molecule has 1 aromatic heterocycles. The van der Waals surface area contributed by atoms with Gasteiger partial charge in [0.05, 0.1) is 18.8 Å². The first-order valence-corrected chi connectivity index (χ1v) is 9.38. The second kappa shape index (κ2) is 8.33. The van der Waals surface area contributed by atoms with Crippen LogP contribution in [0.3, 0.4) is 0 Å². The van der Waals surface area contributed by atoms with Crippen LogP contribution in [0.2, 0.25) is 0 Å². The Balaban J connectivity index is 1.49. The number of carbonyl (C=O) groups is 1. The average molecular weight is 363 g/mol. The average Bonchev–Trinajstić information content (AvgIpc) is 2.88. The first kappa shape index (κ1) is 19.1. The van der Waals surface area contributed by atoms with Crippen molar-refractivity contribution in [1.82, 2.24) is 15.2 Å². The summed E-state index contributed by atoms with van der Waals surface area (Å²) in [5.74, 6) is 0.517. The standard InChI is InChI=1S/C19H29N3O4/c1-12-4-3-5-17(20-12)26-11-14-10-16(19(25)18(14)24)21-15-6-8-22(9-7-15)13(2)23/h3-5,14-16,18-19,21,24-25H,6-11H2,1-2H3/t14-,16-,18-,19+/m1/s1. The van der Waals surface area contributed by atoms with Crippen LogP contribution in [0, 0.1) is 12.8 Å². The van der Waals surface area contributed by atoms with Crippen LogP contribution in [0.5, 0.6) is 5.88 Å². The van der Waals surface area contributed by atoms with Gasteiger partial charge < -0.3 is 25.2 Å². The van der Waals surface area contributed by atoms with Gasteiger partial charge in [0.15, 0.2) is 0 Å². The van der Waals surface area contributed by atoms with Crippen molar-refractivity contribution in [3.05, 3.63) is 23.9 Å². The molecule has 7 nitrogen and oxygen atoms in total. The van der Waals surface area contributed by atoms with E-state index >= 15 is 0 Å². The highest BCUT2D eigenvalue weighted by Crippen LogP contribution is 2.28. The molecule has 4 atom stereocenters. The molecule has 0 unspecified atom stereocenters. The van der Waals surface area contributed by atoms with Crippen molar-refractivity contribution in [1.29, 1.82) is 0 Å². The molecular formula is C19H29N3O4. The number of likely N-dealkylation sites (tertiary alicyclic amines) is 1. The predicted octanol–water partition coefficient (Wildman–Crippen LogP) is 0.480. The molecule has 26 heavy (non-hydrogen) atoms. The van der Waals surface area contributed by atoms with Crippen LogP contribution in [0.4, 0.5) is 0 Å². The number of aliphatic hydroxyl groups is 2. The van der Waals surface area contributed by atoms with Gasteiger partial charge in [-0.25, -0.2) is 4.98 Å². The van der Waals surface area contributed by atoms with Gasteiger partial charge in [-0.3, -0.25) is 4.79 Å². The molecule has 1 aliphatic heterocycles. The molecule has 2 heterocycles. The minimum Gasteiger partial charge on any atom is -0.477 e. The Morgan fingerprint density at radius 3 is 2.69 bits per heavy atom. The Kier molecular flexibility index (Phi) is 6.11. The quantitative estimate of drug-likeness (QED) is 0.704. The smallest absolute Gasteiger partial charge is 0.219 e. The zero-order valence-corrected chi connectivity index (χ0v) is 15.5. The number of nitrogens with zero attached hydrogens (tertiary/aromatic N) is 2. The fourth-order valence-corrected chi connectivity index (χ4v) is 3.91. The zero-order chi connectivity index (χ0) is 18.7. The number of hydrogen-bond acceptors (Lipinski definition) is 6. The number of aromatic nitrogens is 1. The topological polar surface area (TPSA) is 94.9 Å². The van der Waals surface area contributed by atoms with Gasteiger partial charge in [0.25, 0.3) is 0 Å². The third-order valence-electron chi connectivity index (χ3n) is 5.50. The summed E-state index contributed by atoms with van der Waals surface area (Å²) < 4.78 is 5.71. The van der Waals surface area contributed by atoms with Crippen molar-refractivity contribution in [2.24, 2.45) is 5.92 Å². The van der Waals surface area contributed by atoms with Crippen molar-refractivity contribution >= 4 is 5.91 Å². The number of piperidine rings is 1. The minimum absolute atomic E-state index is 0.113. The van der Waals surface area contributed by atoms with Crippen LogP contribution in [0.15, 0.2) is 18.2 Å². The van der Waals surface area contributed by atoms with Crippen LogP contribution in [-0.2, 0) is 4.79 Å². The van der Waals surface area contributed by atoms with Crippen molar-refractivity contribution < 1.29 is 19.7 Å². The van der Waals surface area contributed by atoms with Crippen molar-refractivity contribution in [2.75, 3.05) is 19.7 Å². The van der Waals surface area contributed by atoms with Gasteiger partial charge in [0, 0.05) is 49.8 Å². The second-order valence-electron chi connectivity index (χ2n) is 7.46. The van der Waals surface area contributed by atoms with Crippen molar-refractivity contribution in [3.8, 4) is 5.88 Å². The summed E-state index contributed by atoms with van der Waals surface area (Å²) >= 11 is 0. The molecule has 2 aliphatic rings. The molecule has 0 bridgehead atoms. The Bertz CT molecular complexity index is 619. The Morgan fingerprint density at radius 2 is 2.04 bits per heavy atom. The van der Waals surface area contributed by atoms with Crippen molar-refractivity contribution in [2.45, 2.75) is 57.4 Å². The molecule has 7 heteroatoms. The van der Waals surface area contributed by atoms with Gasteiger partial charge in [-0.2, -0.15) is 0 Å². The Morgan fingerprint density at radius 1 is 1.31 bits per heavy atom. The molecule has 2 fully saturated rings. The lowest BCUT2D eigenvalue weighted by atomic mass is 10.0. The summed E-state index contributed by atoms with van der Waals surface area (Å²) in [6.45, 7) is 5.31. The fourth-order valence-electron chi connectivity index (χ4n) is 3.91. The molecule has 1 amide bonds. The number of hydrogen-bond donors (Lipinski definition) is 3. The third kappa shape index (κ3) is 4.52. The lowest BCUT2D eigenvalue weighted by Crippen LogP contribution is -2.50. The summed E-state index contributed by atoms with van der Waals surface area (Å²) in [7, 11) is 0. The van der Waals surface area contributed by atoms with Gasteiger partial charge in [0.1, 0.15) is 0 Å². The minimum atomic E-state index is -0.811. The van der Waals surface area contributed by atoms with Gasteiger partial charge in [-0.05, 0) is 32.3 Å². The normalized spacial score (nSPS) is 29.8. The highest BCUT2D eigenvalue weighted by atomic mass is 16.5. The maximum Gasteiger partial charge on any atom is 0.219 e. The number of carbonyl (C=O) groups excluding carboxylic acids is 1. The van der Waals surface area contributed by atoms with Crippen molar-refractivity contribution in [3.63, 3.8) is 0 Å². The molecular weight excluding hydrogens is 334 g/mol. The van der Waals surface area contributed by atoms with Crippen LogP contribution in [-0.4, -0.2) is 70.0 Å². The van der Waals surface area contributed by atoms with E-state index in [2.05, 4.69) is 10.3 Å². The zero-order valence-electron chi connectivity index (χ0n) is 15.5. The third-order valence-corrected chi connectivity index (χ3v) is 5.50. The van der Waals surface area contributed by atoms with E-state index in [0.29, 0.717) is 18.9 Å². The van der Waals surface area contributed by atoms with E-state index in [1.165, 1.54) is 0 Å². The number of pyridine rings is 1. The largest absolute Gasteiger partial charge is 0.477 e. The molecule has 0 spiro atoms. The van der Waals surface area contributed by atoms with Gasteiger partial charge >= 0.3 is 0 Å². The number of nitrogens with one attached hydrogen (secondary N) is 1. The molecule has 3 N–H and O–H groups in total. The maximum absolute atomic E-state index is 11.4. The van der Waals surface area contributed by atoms with E-state index in [1.54, 1.807) is 13.0 Å². The second-order valence-corrected chi connectivity index (χ2v) is 7.46. The van der Waals surface area contributed by atoms with E-state index in [4.69, 9.17) is 4.74 Å². The van der Waals surface area contributed by atoms with Crippen LogP contribution >= 0.6 is 0 Å². The lowest BCUT2D eigenvalue weighted by molar-refractivity contribution is -0.129. The molecule has 0 aromatic carbocycles. The molecule has 1 saturated heterocycles. The number of rotatable bonds is 5. The summed E-state index contributed by atoms with van der Waals surface area (Å²) in [5, 5.41) is 24.2. The van der Waals surface area contributed by atoms with E-state index in [0.717, 1.165) is 31.6 Å². The van der Waals surface area contributed by atoms with Crippen LogP contribution in [0.25, 0.3) is 0 Å². The lowest BCUT2D eigenvalue weighted by Gasteiger charge is -2.34. The SMILES string of the molecule is CC(=O)N1CCC(N[C@@H]2C[C@H](COc3cccc(C)n3)[C@@H](O)[C@H]2O)CC1. The van der Waals surface area contributed by atoms with Crippen LogP contribution in [0.1, 0.15) is 31.9 Å². The predicted molar refractivity (Wildman–Crippen MR) is 96.8 cm³/mol. The van der Waals surface area contributed by atoms with Gasteiger partial charge in [-0.15, -0.1) is 0 Å². The summed E-state index contributed by atoms with van der Waals surface area (Å²) in [4.78, 5) is 17.6. The first-order chi connectivity index (χ1) is 12.4. The molecule has 144 valence electrons. The van der Waals surface area contributed by atoms with Crippen LogP contribution < -0.4 is 10.1 Å². The number of ether oxygens (including phenoxy) is 1. The molecule has 0 radical (unpaired) electrons. The summed E-state index contributed by atoms with van der Waals surface area (Å²) in [6, 6.07) is 5.69. The monoisotopic (exact) mass is 363 g/mol.